The number of amides is 1. The van der Waals surface area contributed by atoms with E-state index in [0.29, 0.717) is 53.6 Å². The van der Waals surface area contributed by atoms with E-state index in [1.54, 1.807) is 23.1 Å². The molecule has 1 fully saturated rings. The summed E-state index contributed by atoms with van der Waals surface area (Å²) in [4.78, 5) is 22.7. The summed E-state index contributed by atoms with van der Waals surface area (Å²) >= 11 is 5.91. The van der Waals surface area contributed by atoms with Crippen LogP contribution in [0.2, 0.25) is 5.02 Å². The topological polar surface area (TPSA) is 95.0 Å². The van der Waals surface area contributed by atoms with Crippen molar-refractivity contribution < 1.29 is 28.1 Å². The van der Waals surface area contributed by atoms with E-state index in [-0.39, 0.29) is 23.8 Å². The zero-order valence-electron chi connectivity index (χ0n) is 20.5. The molecule has 0 radical (unpaired) electrons. The van der Waals surface area contributed by atoms with Crippen molar-refractivity contribution in [2.45, 2.75) is 32.5 Å². The number of carbonyl (C=O) groups is 1. The number of nitrogens with one attached hydrogen (secondary N) is 1. The number of hydrogen-bond donors (Lipinski definition) is 1. The first-order valence-corrected chi connectivity index (χ1v) is 11.8. The van der Waals surface area contributed by atoms with Gasteiger partial charge in [-0.25, -0.2) is 19.2 Å². The Morgan fingerprint density at radius 1 is 1.25 bits per heavy atom. The van der Waals surface area contributed by atoms with Gasteiger partial charge < -0.3 is 29.2 Å². The maximum atomic E-state index is 13.6. The number of nitrogens with zero attached hydrogens (tertiary/aromatic N) is 3. The summed E-state index contributed by atoms with van der Waals surface area (Å²) < 4.78 is 36.4. The van der Waals surface area contributed by atoms with Gasteiger partial charge in [-0.1, -0.05) is 11.6 Å². The van der Waals surface area contributed by atoms with Gasteiger partial charge in [0.25, 0.3) is 0 Å². The fourth-order valence-electron chi connectivity index (χ4n) is 3.64. The molecule has 1 aromatic heterocycles. The number of carbonyl (C=O) groups excluding carboxylic acids is 1. The molecule has 0 aliphatic carbocycles. The van der Waals surface area contributed by atoms with Gasteiger partial charge in [0.15, 0.2) is 11.5 Å². The van der Waals surface area contributed by atoms with Crippen LogP contribution in [-0.2, 0) is 9.47 Å². The van der Waals surface area contributed by atoms with Crippen LogP contribution in [0.3, 0.4) is 0 Å². The smallest absolute Gasteiger partial charge is 0.410 e. The van der Waals surface area contributed by atoms with Gasteiger partial charge in [0.2, 0.25) is 0 Å². The van der Waals surface area contributed by atoms with Crippen molar-refractivity contribution in [1.82, 2.24) is 14.9 Å². The van der Waals surface area contributed by atoms with Crippen LogP contribution in [-0.4, -0.2) is 66.1 Å². The monoisotopic (exact) mass is 518 g/mol. The third kappa shape index (κ3) is 6.24. The number of methoxy groups -OCH3 is 1. The number of anilines is 2. The Morgan fingerprint density at radius 3 is 2.78 bits per heavy atom. The van der Waals surface area contributed by atoms with Gasteiger partial charge in [0, 0.05) is 23.7 Å². The Hall–Kier alpha value is -3.37. The molecule has 4 rings (SSSR count). The number of rotatable bonds is 6. The van der Waals surface area contributed by atoms with Crippen molar-refractivity contribution in [2.75, 3.05) is 38.7 Å². The molecule has 2 aromatic carbocycles. The van der Waals surface area contributed by atoms with E-state index in [4.69, 9.17) is 30.5 Å². The van der Waals surface area contributed by atoms with Crippen LogP contribution in [0.1, 0.15) is 20.8 Å². The molecule has 0 spiro atoms. The minimum Gasteiger partial charge on any atom is -0.493 e. The molecule has 36 heavy (non-hydrogen) atoms. The van der Waals surface area contributed by atoms with E-state index in [2.05, 4.69) is 15.3 Å². The Labute approximate surface area is 213 Å². The Morgan fingerprint density at radius 2 is 2.06 bits per heavy atom. The maximum absolute atomic E-state index is 13.6. The highest BCUT2D eigenvalue weighted by Crippen LogP contribution is 2.35. The summed E-state index contributed by atoms with van der Waals surface area (Å²) in [7, 11) is 1.54. The summed E-state index contributed by atoms with van der Waals surface area (Å²) in [6.07, 6.45) is 0.683. The number of hydrogen-bond acceptors (Lipinski definition) is 8. The first kappa shape index (κ1) is 25.7. The Bertz CT molecular complexity index is 1250. The van der Waals surface area contributed by atoms with Crippen molar-refractivity contribution in [3.63, 3.8) is 0 Å². The number of halogens is 2. The minimum atomic E-state index is -0.576. The molecule has 1 aliphatic heterocycles. The van der Waals surface area contributed by atoms with Crippen LogP contribution in [0.25, 0.3) is 10.9 Å². The highest BCUT2D eigenvalue weighted by molar-refractivity contribution is 6.31. The average Bonchev–Trinajstić information content (AvgIpc) is 2.84. The number of aromatic nitrogens is 2. The third-order valence-corrected chi connectivity index (χ3v) is 5.61. The predicted octanol–water partition coefficient (Wildman–Crippen LogP) is 5.19. The molecule has 1 atom stereocenters. The highest BCUT2D eigenvalue weighted by Gasteiger charge is 2.28. The molecule has 11 heteroatoms. The first-order valence-electron chi connectivity index (χ1n) is 11.4. The molecule has 0 saturated carbocycles. The highest BCUT2D eigenvalue weighted by atomic mass is 35.5. The van der Waals surface area contributed by atoms with Crippen molar-refractivity contribution in [3.05, 3.63) is 47.5 Å². The van der Waals surface area contributed by atoms with E-state index in [1.807, 2.05) is 20.8 Å². The summed E-state index contributed by atoms with van der Waals surface area (Å²) in [5, 5.41) is 3.80. The van der Waals surface area contributed by atoms with Gasteiger partial charge >= 0.3 is 6.09 Å². The van der Waals surface area contributed by atoms with Gasteiger partial charge in [-0.3, -0.25) is 0 Å². The molecule has 0 bridgehead atoms. The van der Waals surface area contributed by atoms with Crippen LogP contribution < -0.4 is 14.8 Å². The van der Waals surface area contributed by atoms with E-state index < -0.39 is 11.4 Å². The molecule has 1 aliphatic rings. The fraction of sp³-hybridized carbons (Fsp3) is 0.400. The van der Waals surface area contributed by atoms with Crippen LogP contribution in [0.4, 0.5) is 20.7 Å². The van der Waals surface area contributed by atoms with E-state index in [9.17, 15) is 9.18 Å². The number of benzene rings is 2. The zero-order chi connectivity index (χ0) is 25.9. The molecule has 1 N–H and O–H groups in total. The van der Waals surface area contributed by atoms with Crippen molar-refractivity contribution in [1.29, 1.82) is 0 Å². The van der Waals surface area contributed by atoms with Gasteiger partial charge in [0.1, 0.15) is 36.3 Å². The number of ether oxygens (including phenoxy) is 4. The lowest BCUT2D eigenvalue weighted by Crippen LogP contribution is -2.49. The lowest BCUT2D eigenvalue weighted by Gasteiger charge is -2.34. The zero-order valence-corrected chi connectivity index (χ0v) is 21.3. The van der Waals surface area contributed by atoms with Crippen molar-refractivity contribution in [3.8, 4) is 11.5 Å². The minimum absolute atomic E-state index is 0.00281. The molecular formula is C25H28ClFN4O5. The van der Waals surface area contributed by atoms with Crippen LogP contribution in [0.5, 0.6) is 11.5 Å². The molecule has 1 saturated heterocycles. The lowest BCUT2D eigenvalue weighted by atomic mass is 10.2. The molecular weight excluding hydrogens is 491 g/mol. The second-order valence-electron chi connectivity index (χ2n) is 9.23. The van der Waals surface area contributed by atoms with E-state index >= 15 is 0 Å². The Balaban J connectivity index is 1.51. The third-order valence-electron chi connectivity index (χ3n) is 5.32. The lowest BCUT2D eigenvalue weighted by molar-refractivity contribution is -0.0558. The van der Waals surface area contributed by atoms with Gasteiger partial charge in [-0.05, 0) is 45.0 Å². The molecule has 9 nitrogen and oxygen atoms in total. The average molecular weight is 519 g/mol. The van der Waals surface area contributed by atoms with Crippen molar-refractivity contribution in [2.24, 2.45) is 0 Å². The second kappa shape index (κ2) is 10.7. The number of morpholine rings is 1. The molecule has 1 amide bonds. The standard InChI is InChI=1S/C25H28ClFN4O5/c1-25(2,3)36-24(32)31-7-8-34-16(12-31)13-35-22-10-17-20(11-21(22)33-4)28-14-29-23(17)30-15-5-6-19(27)18(26)9-15/h5-6,9-11,14,16H,7-8,12-13H2,1-4H3,(H,28,29,30)/t16-/m0/s1. The first-order chi connectivity index (χ1) is 17.1. The normalized spacial score (nSPS) is 16.1. The summed E-state index contributed by atoms with van der Waals surface area (Å²) in [5.74, 6) is 0.917. The van der Waals surface area contributed by atoms with Gasteiger partial charge in [0.05, 0.1) is 30.8 Å². The predicted molar refractivity (Wildman–Crippen MR) is 134 cm³/mol. The summed E-state index contributed by atoms with van der Waals surface area (Å²) in [6, 6.07) is 7.81. The van der Waals surface area contributed by atoms with E-state index in [0.717, 1.165) is 0 Å². The van der Waals surface area contributed by atoms with Crippen LogP contribution >= 0.6 is 11.6 Å². The van der Waals surface area contributed by atoms with Crippen molar-refractivity contribution >= 4 is 40.1 Å². The van der Waals surface area contributed by atoms with Crippen LogP contribution in [0, 0.1) is 5.82 Å². The second-order valence-corrected chi connectivity index (χ2v) is 9.63. The fourth-order valence-corrected chi connectivity index (χ4v) is 3.82. The van der Waals surface area contributed by atoms with E-state index in [1.165, 1.54) is 25.6 Å². The SMILES string of the molecule is COc1cc2ncnc(Nc3ccc(F)c(Cl)c3)c2cc1OC[C@@H]1CN(C(=O)OC(C)(C)C)CCO1. The van der Waals surface area contributed by atoms with Crippen LogP contribution in [0.15, 0.2) is 36.7 Å². The molecule has 0 unspecified atom stereocenters. The summed E-state index contributed by atoms with van der Waals surface area (Å²) in [6.45, 7) is 6.84. The molecule has 3 aromatic rings. The number of fused-ring (bicyclic) bond motifs is 1. The maximum Gasteiger partial charge on any atom is 0.410 e. The summed E-state index contributed by atoms with van der Waals surface area (Å²) in [5.41, 5.74) is 0.611. The molecule has 2 heterocycles. The van der Waals surface area contributed by atoms with Gasteiger partial charge in [-0.15, -0.1) is 0 Å². The largest absolute Gasteiger partial charge is 0.493 e. The van der Waals surface area contributed by atoms with Gasteiger partial charge in [-0.2, -0.15) is 0 Å². The quantitative estimate of drug-likeness (QED) is 0.476. The molecule has 192 valence electrons. The Kier molecular flexibility index (Phi) is 7.65.